The van der Waals surface area contributed by atoms with E-state index in [1.807, 2.05) is 42.5 Å². The van der Waals surface area contributed by atoms with E-state index < -0.39 is 0 Å². The van der Waals surface area contributed by atoms with Gasteiger partial charge in [0.25, 0.3) is 0 Å². The van der Waals surface area contributed by atoms with Crippen LogP contribution in [0.3, 0.4) is 0 Å². The van der Waals surface area contributed by atoms with Crippen LogP contribution in [0.5, 0.6) is 11.5 Å². The highest BCUT2D eigenvalue weighted by atomic mass is 35.5. The van der Waals surface area contributed by atoms with Crippen molar-refractivity contribution in [3.05, 3.63) is 59.7 Å². The average Bonchev–Trinajstić information content (AvgIpc) is 2.67. The molecule has 0 radical (unpaired) electrons. The Bertz CT molecular complexity index is 645. The molecule has 25 heavy (non-hydrogen) atoms. The highest BCUT2D eigenvalue weighted by Gasteiger charge is 2.22. The van der Waals surface area contributed by atoms with Crippen molar-refractivity contribution in [1.82, 2.24) is 5.32 Å². The summed E-state index contributed by atoms with van der Waals surface area (Å²) in [5.74, 6) is 2.02. The minimum Gasteiger partial charge on any atom is -0.493 e. The Morgan fingerprint density at radius 3 is 2.48 bits per heavy atom. The predicted molar refractivity (Wildman–Crippen MR) is 104 cm³/mol. The molecular formula is C20H27ClN2O2. The summed E-state index contributed by atoms with van der Waals surface area (Å²) in [6.45, 7) is 2.62. The zero-order valence-electron chi connectivity index (χ0n) is 14.6. The standard InChI is InChI=1S/C20H26N2O2.ClH/c1-23-19-13-17(20(21)16-9-11-22-12-10-16)7-8-18(19)24-14-15-5-3-2-4-6-15;/h2-8,13,16,20,22H,9-12,14,21H2,1H3;1H/t20-;/m1./s1. The van der Waals surface area contributed by atoms with Crippen LogP contribution in [0.1, 0.15) is 30.0 Å². The minimum atomic E-state index is 0. The zero-order valence-corrected chi connectivity index (χ0v) is 15.4. The molecule has 0 spiro atoms. The Balaban J connectivity index is 0.00000225. The Morgan fingerprint density at radius 2 is 1.80 bits per heavy atom. The summed E-state index contributed by atoms with van der Waals surface area (Å²) in [6, 6.07) is 16.2. The molecule has 0 aliphatic carbocycles. The van der Waals surface area contributed by atoms with Gasteiger partial charge in [0.15, 0.2) is 11.5 Å². The van der Waals surface area contributed by atoms with Gasteiger partial charge < -0.3 is 20.5 Å². The normalized spacial score (nSPS) is 15.9. The van der Waals surface area contributed by atoms with Crippen molar-refractivity contribution < 1.29 is 9.47 Å². The molecule has 0 bridgehead atoms. The molecule has 0 unspecified atom stereocenters. The highest BCUT2D eigenvalue weighted by molar-refractivity contribution is 5.85. The fourth-order valence-electron chi connectivity index (χ4n) is 3.22. The third-order valence-electron chi connectivity index (χ3n) is 4.70. The van der Waals surface area contributed by atoms with E-state index in [0.717, 1.165) is 48.6 Å². The first-order valence-corrected chi connectivity index (χ1v) is 8.59. The van der Waals surface area contributed by atoms with Crippen LogP contribution in [0.15, 0.2) is 48.5 Å². The molecule has 1 heterocycles. The van der Waals surface area contributed by atoms with Gasteiger partial charge in [-0.25, -0.2) is 0 Å². The number of ether oxygens (including phenoxy) is 2. The van der Waals surface area contributed by atoms with Gasteiger partial charge in [-0.15, -0.1) is 12.4 Å². The molecule has 2 aromatic carbocycles. The maximum atomic E-state index is 6.48. The molecule has 1 aliphatic rings. The number of nitrogens with one attached hydrogen (secondary N) is 1. The predicted octanol–water partition coefficient (Wildman–Crippen LogP) is 3.70. The fourth-order valence-corrected chi connectivity index (χ4v) is 3.22. The summed E-state index contributed by atoms with van der Waals surface area (Å²) in [5, 5.41) is 3.38. The van der Waals surface area contributed by atoms with Crippen molar-refractivity contribution in [3.63, 3.8) is 0 Å². The van der Waals surface area contributed by atoms with Gasteiger partial charge in [-0.3, -0.25) is 0 Å². The number of halogens is 1. The lowest BCUT2D eigenvalue weighted by Gasteiger charge is -2.28. The Labute approximate surface area is 156 Å². The van der Waals surface area contributed by atoms with E-state index in [4.69, 9.17) is 15.2 Å². The largest absolute Gasteiger partial charge is 0.493 e. The van der Waals surface area contributed by atoms with Crippen molar-refractivity contribution >= 4 is 12.4 Å². The highest BCUT2D eigenvalue weighted by Crippen LogP contribution is 2.34. The SMILES string of the molecule is COc1cc([C@H](N)C2CCNCC2)ccc1OCc1ccccc1.Cl. The van der Waals surface area contributed by atoms with Crippen molar-refractivity contribution in [1.29, 1.82) is 0 Å². The van der Waals surface area contributed by atoms with Crippen LogP contribution in [0, 0.1) is 5.92 Å². The number of rotatable bonds is 6. The Morgan fingerprint density at radius 1 is 1.08 bits per heavy atom. The number of hydrogen-bond acceptors (Lipinski definition) is 4. The third-order valence-corrected chi connectivity index (χ3v) is 4.70. The average molecular weight is 363 g/mol. The second-order valence-corrected chi connectivity index (χ2v) is 6.30. The van der Waals surface area contributed by atoms with Crippen molar-refractivity contribution in [3.8, 4) is 11.5 Å². The van der Waals surface area contributed by atoms with Gasteiger partial charge in [-0.1, -0.05) is 36.4 Å². The molecule has 5 heteroatoms. The topological polar surface area (TPSA) is 56.5 Å². The van der Waals surface area contributed by atoms with Gasteiger partial charge in [-0.2, -0.15) is 0 Å². The molecule has 1 aliphatic heterocycles. The van der Waals surface area contributed by atoms with Crippen molar-refractivity contribution in [2.45, 2.75) is 25.5 Å². The lowest BCUT2D eigenvalue weighted by molar-refractivity contribution is 0.283. The third kappa shape index (κ3) is 5.11. The number of benzene rings is 2. The molecule has 1 atom stereocenters. The molecule has 1 saturated heterocycles. The van der Waals surface area contributed by atoms with E-state index in [9.17, 15) is 0 Å². The van der Waals surface area contributed by atoms with Gasteiger partial charge >= 0.3 is 0 Å². The summed E-state index contributed by atoms with van der Waals surface area (Å²) in [5.41, 5.74) is 8.74. The molecular weight excluding hydrogens is 336 g/mol. The fraction of sp³-hybridized carbons (Fsp3) is 0.400. The van der Waals surface area contributed by atoms with Crippen LogP contribution in [-0.2, 0) is 6.61 Å². The summed E-state index contributed by atoms with van der Waals surface area (Å²) >= 11 is 0. The van der Waals surface area contributed by atoms with Gasteiger partial charge in [0.05, 0.1) is 7.11 Å². The Hall–Kier alpha value is -1.75. The molecule has 0 saturated carbocycles. The van der Waals surface area contributed by atoms with Crippen molar-refractivity contribution in [2.24, 2.45) is 11.7 Å². The van der Waals surface area contributed by atoms with E-state index in [2.05, 4.69) is 11.4 Å². The van der Waals surface area contributed by atoms with Crippen LogP contribution in [0.25, 0.3) is 0 Å². The first kappa shape index (κ1) is 19.6. The van der Waals surface area contributed by atoms with Crippen LogP contribution in [0.2, 0.25) is 0 Å². The van der Waals surface area contributed by atoms with Gasteiger partial charge in [0.1, 0.15) is 6.61 Å². The molecule has 0 amide bonds. The van der Waals surface area contributed by atoms with Gasteiger partial charge in [-0.05, 0) is 55.1 Å². The van der Waals surface area contributed by atoms with E-state index >= 15 is 0 Å². The number of methoxy groups -OCH3 is 1. The second-order valence-electron chi connectivity index (χ2n) is 6.30. The monoisotopic (exact) mass is 362 g/mol. The molecule has 3 rings (SSSR count). The molecule has 4 nitrogen and oxygen atoms in total. The lowest BCUT2D eigenvalue weighted by Crippen LogP contribution is -2.33. The number of piperidine rings is 1. The maximum absolute atomic E-state index is 6.48. The maximum Gasteiger partial charge on any atom is 0.161 e. The molecule has 2 aromatic rings. The second kappa shape index (κ2) is 9.66. The molecule has 1 fully saturated rings. The Kier molecular flexibility index (Phi) is 7.56. The van der Waals surface area contributed by atoms with Gasteiger partial charge in [0, 0.05) is 6.04 Å². The summed E-state index contributed by atoms with van der Waals surface area (Å²) in [7, 11) is 1.67. The molecule has 3 N–H and O–H groups in total. The number of hydrogen-bond donors (Lipinski definition) is 2. The smallest absolute Gasteiger partial charge is 0.161 e. The summed E-state index contributed by atoms with van der Waals surface area (Å²) in [4.78, 5) is 0. The lowest BCUT2D eigenvalue weighted by atomic mass is 9.86. The summed E-state index contributed by atoms with van der Waals surface area (Å²) < 4.78 is 11.4. The van der Waals surface area contributed by atoms with Crippen LogP contribution < -0.4 is 20.5 Å². The quantitative estimate of drug-likeness (QED) is 0.822. The number of nitrogens with two attached hydrogens (primary N) is 1. The first-order chi connectivity index (χ1) is 11.8. The van der Waals surface area contributed by atoms with E-state index in [0.29, 0.717) is 12.5 Å². The molecule has 136 valence electrons. The summed E-state index contributed by atoms with van der Waals surface area (Å²) in [6.07, 6.45) is 2.24. The minimum absolute atomic E-state index is 0. The van der Waals surface area contributed by atoms with Crippen LogP contribution in [-0.4, -0.2) is 20.2 Å². The van der Waals surface area contributed by atoms with Crippen LogP contribution in [0.4, 0.5) is 0 Å². The molecule has 0 aromatic heterocycles. The van der Waals surface area contributed by atoms with E-state index in [1.165, 1.54) is 0 Å². The van der Waals surface area contributed by atoms with E-state index in [-0.39, 0.29) is 18.4 Å². The van der Waals surface area contributed by atoms with Crippen molar-refractivity contribution in [2.75, 3.05) is 20.2 Å². The first-order valence-electron chi connectivity index (χ1n) is 8.59. The van der Waals surface area contributed by atoms with Gasteiger partial charge in [0.2, 0.25) is 0 Å². The zero-order chi connectivity index (χ0) is 16.8. The van der Waals surface area contributed by atoms with E-state index in [1.54, 1.807) is 7.11 Å². The van der Waals surface area contributed by atoms with Crippen LogP contribution >= 0.6 is 12.4 Å².